The third-order valence-electron chi connectivity index (χ3n) is 6.77. The van der Waals surface area contributed by atoms with Crippen molar-refractivity contribution in [1.82, 2.24) is 31.9 Å². The summed E-state index contributed by atoms with van der Waals surface area (Å²) in [5.74, 6) is -28.1. The van der Waals surface area contributed by atoms with Gasteiger partial charge in [0.1, 0.15) is 76.8 Å². The van der Waals surface area contributed by atoms with Gasteiger partial charge in [-0.15, -0.1) is 0 Å². The summed E-state index contributed by atoms with van der Waals surface area (Å²) >= 11 is 0. The number of carboxylic acids is 1. The number of aliphatic carboxylic acids is 1. The molecule has 0 radical (unpaired) electrons. The monoisotopic (exact) mass is 1070 g/mol. The van der Waals surface area contributed by atoms with Gasteiger partial charge in [0.25, 0.3) is 70.8 Å². The van der Waals surface area contributed by atoms with E-state index < -0.39 is 195 Å². The average molecular weight is 1080 g/mol. The lowest BCUT2D eigenvalue weighted by atomic mass is 10.2. The molecule has 0 aliphatic rings. The minimum absolute atomic E-state index is 1.32. The van der Waals surface area contributed by atoms with E-state index in [0.29, 0.717) is 0 Å². The van der Waals surface area contributed by atoms with Gasteiger partial charge in [-0.2, -0.15) is 58.9 Å². The van der Waals surface area contributed by atoms with Crippen LogP contribution < -0.4 is 37.6 Å². The number of nitrogens with two attached hydrogens (primary N) is 1. The molecule has 0 aromatic carbocycles. The number of hydrogen-bond donors (Lipinski definition) is 15. The molecule has 7 atom stereocenters. The van der Waals surface area contributed by atoms with Crippen LogP contribution in [-0.2, 0) is 104 Å². The van der Waals surface area contributed by atoms with Crippen molar-refractivity contribution in [1.29, 1.82) is 0 Å². The maximum absolute atomic E-state index is 13.2. The summed E-state index contributed by atoms with van der Waals surface area (Å²) in [7, 11) is -37.9. The van der Waals surface area contributed by atoms with E-state index in [2.05, 4.69) is 0 Å². The molecule has 16 N–H and O–H groups in total. The van der Waals surface area contributed by atoms with E-state index in [1.807, 2.05) is 0 Å². The van der Waals surface area contributed by atoms with Crippen LogP contribution in [0, 0.1) is 0 Å². The zero-order valence-electron chi connectivity index (χ0n) is 31.1. The Bertz CT molecular complexity index is 2620. The largest absolute Gasteiger partial charge is 0.480 e. The average Bonchev–Trinajstić information content (AvgIpc) is 3.01. The molecule has 0 heterocycles. The zero-order valence-corrected chi connectivity index (χ0v) is 36.8. The number of carboxylic acid groups (broad SMARTS) is 1. The maximum atomic E-state index is 13.2. The third-order valence-corrected chi connectivity index (χ3v) is 12.1. The molecule has 0 fully saturated rings. The molecule has 0 spiro atoms. The number of nitrogens with one attached hydrogen (secondary N) is 6. The highest BCUT2D eigenvalue weighted by atomic mass is 32.2. The van der Waals surface area contributed by atoms with E-state index in [-0.39, 0.29) is 0 Å². The van der Waals surface area contributed by atoms with E-state index in [0.717, 1.165) is 0 Å². The fraction of sp³-hybridized carbons (Fsp3) is 0.667. The molecule has 0 aromatic rings. The Labute approximate surface area is 360 Å². The van der Waals surface area contributed by atoms with Gasteiger partial charge >= 0.3 is 5.97 Å². The van der Waals surface area contributed by atoms with Gasteiger partial charge in [0.05, 0.1) is 5.75 Å². The van der Waals surface area contributed by atoms with Gasteiger partial charge in [-0.3, -0.25) is 60.6 Å². The fourth-order valence-electron chi connectivity index (χ4n) is 4.30. The number of hydrogen-bond acceptors (Lipinski definition) is 22. The molecule has 64 heavy (non-hydrogen) atoms. The lowest BCUT2D eigenvalue weighted by Crippen LogP contribution is -2.63. The first-order valence-electron chi connectivity index (χ1n) is 15.7. The second-order valence-corrected chi connectivity index (χ2v) is 23.0. The molecule has 0 bridgehead atoms. The van der Waals surface area contributed by atoms with Crippen LogP contribution in [0.25, 0.3) is 0 Å². The van der Waals surface area contributed by atoms with Crippen molar-refractivity contribution in [3.8, 4) is 0 Å². The summed E-state index contributed by atoms with van der Waals surface area (Å²) in [5, 5.41) is 17.3. The first-order valence-corrected chi connectivity index (χ1v) is 27.0. The van der Waals surface area contributed by atoms with Gasteiger partial charge in [0, 0.05) is 0 Å². The van der Waals surface area contributed by atoms with Crippen molar-refractivity contribution >= 4 is 112 Å². The van der Waals surface area contributed by atoms with Crippen LogP contribution in [0.15, 0.2) is 0 Å². The number of carbonyl (C=O) groups is 7. The second-order valence-electron chi connectivity index (χ2n) is 12.6. The Morgan fingerprint density at radius 3 is 0.641 bits per heavy atom. The predicted molar refractivity (Wildman–Crippen MR) is 202 cm³/mol. The highest BCUT2D eigenvalue weighted by molar-refractivity contribution is 7.87. The van der Waals surface area contributed by atoms with Crippen LogP contribution in [0.4, 0.5) is 0 Å². The maximum Gasteiger partial charge on any atom is 0.327 e. The van der Waals surface area contributed by atoms with Gasteiger partial charge in [-0.25, -0.2) is 4.79 Å². The Morgan fingerprint density at radius 1 is 0.312 bits per heavy atom. The zero-order chi connectivity index (χ0) is 50.8. The first-order chi connectivity index (χ1) is 28.3. The van der Waals surface area contributed by atoms with Crippen molar-refractivity contribution in [2.24, 2.45) is 5.73 Å². The smallest absolute Gasteiger partial charge is 0.327 e. The molecule has 36 nitrogen and oxygen atoms in total. The summed E-state index contributed by atoms with van der Waals surface area (Å²) in [5.41, 5.74) is 5.23. The quantitative estimate of drug-likeness (QED) is 0.0340. The standard InChI is InChI=1S/C21H37N7O29S7/c22-8(1-58(37,38)39)15(29)23-9(2-59(40,41)42)16(30)24-10(3-60(43,44)45)17(31)25-11(4-61(46,47)48)18(32)26-12(5-62(49,50)51)19(33)27-13(6-63(52,53)54)20(34)28-14(21(35)36)7-64(55,56)57/h8-14H,1-7,22H2,(H,23,29)(H,24,30)(H,25,31)(H,26,32)(H,27,33)(H,28,34)(H,35,36)(H,37,38,39)(H,40,41,42)(H,43,44,45)(H,46,47,48)(H,49,50,51)(H,52,53,54)(H,55,56,57)/t8-,9-,10-,11-,12-,13-,14-/m0/s1. The van der Waals surface area contributed by atoms with Crippen LogP contribution in [0.3, 0.4) is 0 Å². The lowest BCUT2D eigenvalue weighted by molar-refractivity contribution is -0.141. The number of amides is 6. The van der Waals surface area contributed by atoms with E-state index in [9.17, 15) is 115 Å². The summed E-state index contributed by atoms with van der Waals surface area (Å²) in [6.45, 7) is 0. The van der Waals surface area contributed by atoms with E-state index in [4.69, 9.17) is 19.9 Å². The minimum Gasteiger partial charge on any atom is -0.480 e. The molecular weight excluding hydrogens is 1040 g/mol. The Hall–Kier alpha value is -4.38. The van der Waals surface area contributed by atoms with Crippen molar-refractivity contribution in [2.75, 3.05) is 40.3 Å². The van der Waals surface area contributed by atoms with Gasteiger partial charge in [-0.1, -0.05) is 0 Å². The van der Waals surface area contributed by atoms with Gasteiger partial charge < -0.3 is 42.7 Å². The second kappa shape index (κ2) is 22.7. The molecule has 0 rings (SSSR count). The van der Waals surface area contributed by atoms with E-state index >= 15 is 0 Å². The number of carbonyl (C=O) groups excluding carboxylic acids is 6. The van der Waals surface area contributed by atoms with Gasteiger partial charge in [-0.05, 0) is 0 Å². The Kier molecular flexibility index (Phi) is 21.1. The van der Waals surface area contributed by atoms with Crippen molar-refractivity contribution in [3.63, 3.8) is 0 Å². The molecule has 43 heteroatoms. The summed E-state index contributed by atoms with van der Waals surface area (Å²) in [6.07, 6.45) is 0. The fourth-order valence-corrected chi connectivity index (χ4v) is 8.83. The molecule has 0 aromatic heterocycles. The summed E-state index contributed by atoms with van der Waals surface area (Å²) in [6, 6.07) is -19.3. The predicted octanol–water partition coefficient (Wildman–Crippen LogP) is -11.5. The van der Waals surface area contributed by atoms with Crippen LogP contribution in [0.2, 0.25) is 0 Å². The van der Waals surface area contributed by atoms with Crippen LogP contribution >= 0.6 is 0 Å². The molecule has 6 amide bonds. The molecule has 372 valence electrons. The summed E-state index contributed by atoms with van der Waals surface area (Å²) < 4.78 is 226. The molecule has 0 aliphatic carbocycles. The Morgan fingerprint density at radius 2 is 0.469 bits per heavy atom. The van der Waals surface area contributed by atoms with Crippen LogP contribution in [-0.4, -0.2) is 220 Å². The molecule has 0 saturated heterocycles. The van der Waals surface area contributed by atoms with Gasteiger partial charge in [0.15, 0.2) is 0 Å². The van der Waals surface area contributed by atoms with Crippen LogP contribution in [0.1, 0.15) is 0 Å². The van der Waals surface area contributed by atoms with Crippen LogP contribution in [0.5, 0.6) is 0 Å². The van der Waals surface area contributed by atoms with Crippen molar-refractivity contribution < 1.29 is 129 Å². The third kappa shape index (κ3) is 27.1. The summed E-state index contributed by atoms with van der Waals surface area (Å²) in [4.78, 5) is 89.0. The van der Waals surface area contributed by atoms with Crippen molar-refractivity contribution in [2.45, 2.75) is 42.3 Å². The topological polar surface area (TPSA) is 619 Å². The molecule has 0 saturated carbocycles. The molecule has 0 unspecified atom stereocenters. The molecule has 0 aliphatic heterocycles. The molecular formula is C21H37N7O29S7. The van der Waals surface area contributed by atoms with Crippen molar-refractivity contribution in [3.05, 3.63) is 0 Å². The SMILES string of the molecule is N[C@@H](CS(=O)(=O)O)C(=O)N[C@@H](CS(=O)(=O)O)C(=O)N[C@@H](CS(=O)(=O)O)C(=O)N[C@@H](CS(=O)(=O)O)C(=O)N[C@@H](CS(=O)(=O)O)C(=O)N[C@@H](CS(=O)(=O)O)C(=O)N[C@@H](CS(=O)(=O)O)C(=O)O. The van der Waals surface area contributed by atoms with E-state index in [1.165, 1.54) is 31.9 Å². The van der Waals surface area contributed by atoms with E-state index in [1.54, 1.807) is 0 Å². The minimum atomic E-state index is -5.61. The highest BCUT2D eigenvalue weighted by Crippen LogP contribution is 2.04. The van der Waals surface area contributed by atoms with Gasteiger partial charge in [0.2, 0.25) is 35.4 Å². The highest BCUT2D eigenvalue weighted by Gasteiger charge is 2.39. The number of rotatable bonds is 27. The normalized spacial score (nSPS) is 16.2. The lowest BCUT2D eigenvalue weighted by Gasteiger charge is -2.26. The first kappa shape index (κ1) is 59.6. The Balaban J connectivity index is 7.02.